The maximum Gasteiger partial charge on any atom is 0.310 e. The zero-order valence-corrected chi connectivity index (χ0v) is 14.4. The molecular weight excluding hydrogens is 312 g/mol. The lowest BCUT2D eigenvalue weighted by molar-refractivity contribution is -0.0893. The number of hydrogen-bond acceptors (Lipinski definition) is 4. The second kappa shape index (κ2) is 5.51. The minimum atomic E-state index is -0.957. The van der Waals surface area contributed by atoms with E-state index in [2.05, 4.69) is 4.98 Å². The zero-order valence-electron chi connectivity index (χ0n) is 13.7. The highest BCUT2D eigenvalue weighted by molar-refractivity contribution is 6.53. The van der Waals surface area contributed by atoms with Crippen molar-refractivity contribution < 1.29 is 14.2 Å². The lowest BCUT2D eigenvalue weighted by Crippen LogP contribution is -2.49. The van der Waals surface area contributed by atoms with Crippen LogP contribution in [0.3, 0.4) is 0 Å². The van der Waals surface area contributed by atoms with Crippen LogP contribution in [0.5, 0.6) is 0 Å². The van der Waals surface area contributed by atoms with Gasteiger partial charge in [-0.15, -0.1) is 0 Å². The van der Waals surface area contributed by atoms with Crippen LogP contribution in [-0.4, -0.2) is 28.8 Å². The van der Waals surface area contributed by atoms with Crippen molar-refractivity contribution in [3.8, 4) is 0 Å². The number of aromatic nitrogens is 1. The molecule has 0 radical (unpaired) electrons. The van der Waals surface area contributed by atoms with Crippen molar-refractivity contribution in [3.63, 3.8) is 0 Å². The minimum Gasteiger partial charge on any atom is -0.436 e. The highest BCUT2D eigenvalue weighted by Crippen LogP contribution is 2.31. The summed E-state index contributed by atoms with van der Waals surface area (Å²) in [5.74, 6) is 0. The average Bonchev–Trinajstić information content (AvgIpc) is 2.85. The summed E-state index contributed by atoms with van der Waals surface area (Å²) >= 11 is 6.20. The van der Waals surface area contributed by atoms with E-state index in [1.165, 1.54) is 0 Å². The van der Waals surface area contributed by atoms with Crippen molar-refractivity contribution in [2.75, 3.05) is 0 Å². The maximum absolute atomic E-state index is 10.2. The maximum atomic E-state index is 10.2. The smallest absolute Gasteiger partial charge is 0.310 e. The van der Waals surface area contributed by atoms with E-state index in [-0.39, 0.29) is 0 Å². The molecule has 0 bridgehead atoms. The van der Waals surface area contributed by atoms with Crippen LogP contribution in [0.2, 0.25) is 5.02 Å². The van der Waals surface area contributed by atoms with E-state index in [0.717, 1.165) is 16.2 Å². The summed E-state index contributed by atoms with van der Waals surface area (Å²) in [7, 11) is 0.344. The largest absolute Gasteiger partial charge is 0.436 e. The van der Waals surface area contributed by atoms with Gasteiger partial charge in [-0.2, -0.15) is 0 Å². The van der Waals surface area contributed by atoms with Gasteiger partial charge in [-0.3, -0.25) is 0 Å². The normalized spacial score (nSPS) is 13.0. The average molecular weight is 332 g/mol. The Bertz CT molecular complexity index is 867. The van der Waals surface area contributed by atoms with Crippen LogP contribution in [0.1, 0.15) is 27.7 Å². The van der Waals surface area contributed by atoms with E-state index in [0.29, 0.717) is 23.8 Å². The minimum absolute atomic E-state index is 0.344. The fourth-order valence-corrected chi connectivity index (χ4v) is 2.52. The molecule has 3 rings (SSSR count). The Morgan fingerprint density at radius 1 is 1.22 bits per heavy atom. The second-order valence-corrected chi connectivity index (χ2v) is 7.13. The Hall–Kier alpha value is -1.56. The van der Waals surface area contributed by atoms with E-state index < -0.39 is 11.2 Å². The monoisotopic (exact) mass is 331 g/mol. The van der Waals surface area contributed by atoms with Crippen LogP contribution in [0, 0.1) is 0 Å². The molecule has 1 N–H and O–H groups in total. The molecule has 0 unspecified atom stereocenters. The van der Waals surface area contributed by atoms with Gasteiger partial charge in [0.2, 0.25) is 5.71 Å². The fraction of sp³-hybridized carbons (Fsp3) is 0.353. The topological polar surface area (TPSA) is 55.5 Å². The van der Waals surface area contributed by atoms with Crippen LogP contribution >= 0.6 is 11.6 Å². The number of aliphatic hydroxyl groups is 1. The summed E-state index contributed by atoms with van der Waals surface area (Å²) in [6, 6.07) is 7.54. The lowest BCUT2D eigenvalue weighted by atomic mass is 9.81. The standard InChI is InChI=1S/C17H19BClNO3/c1-16(2,21)17(3,4)23-18-11-8-9-20-15-13(11)10-6-5-7-12(19)14(10)22-15/h5-9,18,21H,1-4H3. The number of hydrogen-bond donors (Lipinski definition) is 1. The third kappa shape index (κ3) is 2.85. The molecule has 0 aliphatic carbocycles. The first kappa shape index (κ1) is 16.3. The number of halogens is 1. The Morgan fingerprint density at radius 2 is 1.96 bits per heavy atom. The molecule has 0 saturated carbocycles. The third-order valence-electron chi connectivity index (χ3n) is 4.50. The molecule has 0 saturated heterocycles. The number of para-hydroxylation sites is 1. The molecule has 2 heterocycles. The molecule has 1 aromatic carbocycles. The van der Waals surface area contributed by atoms with Gasteiger partial charge in [0, 0.05) is 17.0 Å². The van der Waals surface area contributed by atoms with Crippen molar-refractivity contribution >= 4 is 46.6 Å². The highest BCUT2D eigenvalue weighted by atomic mass is 35.5. The SMILES string of the molecule is CC(C)(O)C(C)(C)OBc1ccnc2oc3c(Cl)cccc3c12. The molecule has 0 aliphatic heterocycles. The van der Waals surface area contributed by atoms with Crippen LogP contribution in [-0.2, 0) is 4.65 Å². The van der Waals surface area contributed by atoms with Gasteiger partial charge in [-0.05, 0) is 45.3 Å². The number of fused-ring (bicyclic) bond motifs is 3. The van der Waals surface area contributed by atoms with Gasteiger partial charge in [-0.25, -0.2) is 4.98 Å². The molecular formula is C17H19BClNO3. The summed E-state index contributed by atoms with van der Waals surface area (Å²) in [4.78, 5) is 4.28. The second-order valence-electron chi connectivity index (χ2n) is 6.73. The van der Waals surface area contributed by atoms with Crippen LogP contribution in [0.15, 0.2) is 34.9 Å². The van der Waals surface area contributed by atoms with Gasteiger partial charge in [0.15, 0.2) is 5.58 Å². The first-order chi connectivity index (χ1) is 10.7. The molecule has 6 heteroatoms. The summed E-state index contributed by atoms with van der Waals surface area (Å²) in [6.45, 7) is 7.22. The summed E-state index contributed by atoms with van der Waals surface area (Å²) in [6.07, 6.45) is 1.69. The van der Waals surface area contributed by atoms with Crippen molar-refractivity contribution in [3.05, 3.63) is 35.5 Å². The van der Waals surface area contributed by atoms with Gasteiger partial charge in [0.1, 0.15) is 0 Å². The summed E-state index contributed by atoms with van der Waals surface area (Å²) < 4.78 is 11.8. The quantitative estimate of drug-likeness (QED) is 0.746. The molecule has 0 amide bonds. The highest BCUT2D eigenvalue weighted by Gasteiger charge is 2.35. The van der Waals surface area contributed by atoms with Crippen LogP contribution < -0.4 is 5.46 Å². The number of nitrogens with zero attached hydrogens (tertiary/aromatic N) is 1. The van der Waals surface area contributed by atoms with Gasteiger partial charge in [0.05, 0.1) is 16.2 Å². The molecule has 4 nitrogen and oxygen atoms in total. The summed E-state index contributed by atoms with van der Waals surface area (Å²) in [5, 5.41) is 12.6. The summed E-state index contributed by atoms with van der Waals surface area (Å²) in [5.41, 5.74) is 0.468. The van der Waals surface area contributed by atoms with Gasteiger partial charge in [-0.1, -0.05) is 23.7 Å². The van der Waals surface area contributed by atoms with E-state index >= 15 is 0 Å². The molecule has 0 spiro atoms. The predicted molar refractivity (Wildman–Crippen MR) is 94.8 cm³/mol. The lowest BCUT2D eigenvalue weighted by Gasteiger charge is -2.37. The molecule has 3 aromatic rings. The van der Waals surface area contributed by atoms with Crippen LogP contribution in [0.4, 0.5) is 0 Å². The van der Waals surface area contributed by atoms with Crippen molar-refractivity contribution in [1.29, 1.82) is 0 Å². The van der Waals surface area contributed by atoms with Crippen LogP contribution in [0.25, 0.3) is 22.1 Å². The number of pyridine rings is 1. The van der Waals surface area contributed by atoms with E-state index in [9.17, 15) is 5.11 Å². The Morgan fingerprint density at radius 3 is 2.65 bits per heavy atom. The third-order valence-corrected chi connectivity index (χ3v) is 4.80. The van der Waals surface area contributed by atoms with Gasteiger partial charge < -0.3 is 14.2 Å². The molecule has 120 valence electrons. The number of benzene rings is 1. The Labute approximate surface area is 140 Å². The van der Waals surface area contributed by atoms with Gasteiger partial charge >= 0.3 is 7.48 Å². The van der Waals surface area contributed by atoms with Crippen molar-refractivity contribution in [1.82, 2.24) is 4.98 Å². The Balaban J connectivity index is 2.05. The first-order valence-electron chi connectivity index (χ1n) is 7.52. The molecule has 0 atom stereocenters. The molecule has 23 heavy (non-hydrogen) atoms. The van der Waals surface area contributed by atoms with E-state index in [1.54, 1.807) is 26.1 Å². The zero-order chi connectivity index (χ0) is 16.8. The Kier molecular flexibility index (Phi) is 3.91. The van der Waals surface area contributed by atoms with Gasteiger partial charge in [0.25, 0.3) is 0 Å². The van der Waals surface area contributed by atoms with E-state index in [4.69, 9.17) is 20.7 Å². The molecule has 2 aromatic heterocycles. The molecule has 0 fully saturated rings. The van der Waals surface area contributed by atoms with E-state index in [1.807, 2.05) is 32.0 Å². The van der Waals surface area contributed by atoms with Crippen molar-refractivity contribution in [2.45, 2.75) is 38.9 Å². The van der Waals surface area contributed by atoms with Crippen molar-refractivity contribution in [2.24, 2.45) is 0 Å². The predicted octanol–water partition coefficient (Wildman–Crippen LogP) is 3.18. The first-order valence-corrected chi connectivity index (χ1v) is 7.89. The number of rotatable bonds is 4. The number of furan rings is 1. The fourth-order valence-electron chi connectivity index (χ4n) is 2.31. The molecule has 0 aliphatic rings.